The Kier molecular flexibility index (Phi) is 6.56. The fourth-order valence-electron chi connectivity index (χ4n) is 2.84. The van der Waals surface area contributed by atoms with E-state index in [1.165, 1.54) is 22.9 Å². The van der Waals surface area contributed by atoms with E-state index in [2.05, 4.69) is 10.3 Å². The molecule has 0 aliphatic rings. The molecule has 0 saturated carbocycles. The minimum atomic E-state index is -0.301. The highest BCUT2D eigenvalue weighted by Crippen LogP contribution is 2.22. The summed E-state index contributed by atoms with van der Waals surface area (Å²) in [7, 11) is 3.15. The van der Waals surface area contributed by atoms with Crippen molar-refractivity contribution < 1.29 is 14.3 Å². The number of likely N-dealkylation sites (N-methyl/N-ethyl adjacent to an activating group) is 1. The summed E-state index contributed by atoms with van der Waals surface area (Å²) >= 11 is 1.45. The van der Waals surface area contributed by atoms with E-state index in [9.17, 15) is 9.59 Å². The first-order chi connectivity index (χ1) is 14.0. The summed E-state index contributed by atoms with van der Waals surface area (Å²) in [4.78, 5) is 31.1. The Hall–Kier alpha value is -3.26. The molecule has 7 nitrogen and oxygen atoms in total. The summed E-state index contributed by atoms with van der Waals surface area (Å²) in [5, 5.41) is 3.48. The number of benzene rings is 2. The number of hydrogen-bond acceptors (Lipinski definition) is 5. The Morgan fingerprint density at radius 1 is 1.17 bits per heavy atom. The molecule has 0 saturated heterocycles. The summed E-state index contributed by atoms with van der Waals surface area (Å²) < 4.78 is 6.95. The lowest BCUT2D eigenvalue weighted by atomic mass is 10.3. The number of rotatable bonds is 7. The second-order valence-corrected chi connectivity index (χ2v) is 7.02. The van der Waals surface area contributed by atoms with E-state index in [0.717, 1.165) is 5.69 Å². The van der Waals surface area contributed by atoms with E-state index in [1.54, 1.807) is 43.0 Å². The third kappa shape index (κ3) is 4.78. The SMILES string of the molecule is COc1cccc(NC(=O)CN(C)C(=O)c2cnc(SC)n2-c2ccccc2)c1. The van der Waals surface area contributed by atoms with Crippen LogP contribution in [0, 0.1) is 0 Å². The summed E-state index contributed by atoms with van der Waals surface area (Å²) in [6.45, 7) is -0.0926. The number of carbonyl (C=O) groups is 2. The van der Waals surface area contributed by atoms with Gasteiger partial charge in [-0.25, -0.2) is 4.98 Å². The Bertz CT molecular complexity index is 1000. The number of para-hydroxylation sites is 1. The topological polar surface area (TPSA) is 76.5 Å². The van der Waals surface area contributed by atoms with Crippen LogP contribution in [0.1, 0.15) is 10.5 Å². The fraction of sp³-hybridized carbons (Fsp3) is 0.190. The number of nitrogens with zero attached hydrogens (tertiary/aromatic N) is 3. The molecule has 0 fully saturated rings. The van der Waals surface area contributed by atoms with Crippen LogP contribution in [0.3, 0.4) is 0 Å². The van der Waals surface area contributed by atoms with Gasteiger partial charge in [-0.05, 0) is 30.5 Å². The van der Waals surface area contributed by atoms with E-state index in [1.807, 2.05) is 36.6 Å². The molecule has 3 rings (SSSR count). The van der Waals surface area contributed by atoms with Gasteiger partial charge in [0.2, 0.25) is 5.91 Å². The number of ether oxygens (including phenoxy) is 1. The highest BCUT2D eigenvalue weighted by molar-refractivity contribution is 7.98. The Labute approximate surface area is 173 Å². The Balaban J connectivity index is 1.75. The lowest BCUT2D eigenvalue weighted by Crippen LogP contribution is -2.35. The smallest absolute Gasteiger partial charge is 0.272 e. The van der Waals surface area contributed by atoms with Gasteiger partial charge in [0.15, 0.2) is 5.16 Å². The molecule has 1 heterocycles. The number of carbonyl (C=O) groups excluding carboxylic acids is 2. The molecule has 0 radical (unpaired) electrons. The number of anilines is 1. The van der Waals surface area contributed by atoms with Gasteiger partial charge in [0.25, 0.3) is 5.91 Å². The van der Waals surface area contributed by atoms with Gasteiger partial charge < -0.3 is 15.0 Å². The molecule has 0 spiro atoms. The van der Waals surface area contributed by atoms with Crippen LogP contribution in [0.4, 0.5) is 5.69 Å². The van der Waals surface area contributed by atoms with E-state index in [0.29, 0.717) is 22.3 Å². The lowest BCUT2D eigenvalue weighted by molar-refractivity contribution is -0.116. The van der Waals surface area contributed by atoms with E-state index < -0.39 is 0 Å². The molecule has 1 N–H and O–H groups in total. The van der Waals surface area contributed by atoms with Gasteiger partial charge in [0.05, 0.1) is 19.9 Å². The monoisotopic (exact) mass is 410 g/mol. The molecule has 0 bridgehead atoms. The zero-order valence-electron chi connectivity index (χ0n) is 16.5. The molecule has 0 aliphatic carbocycles. The summed E-state index contributed by atoms with van der Waals surface area (Å²) in [5.41, 5.74) is 1.85. The maximum Gasteiger partial charge on any atom is 0.272 e. The standard InChI is InChI=1S/C21H22N4O3S/c1-24(14-19(26)23-15-8-7-11-17(12-15)28-2)20(27)18-13-22-21(29-3)25(18)16-9-5-4-6-10-16/h4-13H,14H2,1-3H3,(H,23,26). The number of hydrogen-bond donors (Lipinski definition) is 1. The molecule has 3 aromatic rings. The van der Waals surface area contributed by atoms with Crippen molar-refractivity contribution >= 4 is 29.3 Å². The second-order valence-electron chi connectivity index (χ2n) is 6.24. The number of thioether (sulfide) groups is 1. The van der Waals surface area contributed by atoms with Crippen molar-refractivity contribution in [1.82, 2.24) is 14.5 Å². The predicted octanol–water partition coefficient (Wildman–Crippen LogP) is 3.31. The van der Waals surface area contributed by atoms with Crippen LogP contribution in [0.25, 0.3) is 5.69 Å². The predicted molar refractivity (Wildman–Crippen MR) is 114 cm³/mol. The lowest BCUT2D eigenvalue weighted by Gasteiger charge is -2.18. The van der Waals surface area contributed by atoms with Crippen LogP contribution in [-0.2, 0) is 4.79 Å². The van der Waals surface area contributed by atoms with Crippen LogP contribution < -0.4 is 10.1 Å². The second kappa shape index (κ2) is 9.29. The zero-order chi connectivity index (χ0) is 20.8. The third-order valence-electron chi connectivity index (χ3n) is 4.23. The average Bonchev–Trinajstić information content (AvgIpc) is 3.17. The molecule has 2 amide bonds. The number of nitrogens with one attached hydrogen (secondary N) is 1. The third-order valence-corrected chi connectivity index (χ3v) is 4.88. The average molecular weight is 410 g/mol. The summed E-state index contributed by atoms with van der Waals surface area (Å²) in [6, 6.07) is 16.6. The van der Waals surface area contributed by atoms with E-state index >= 15 is 0 Å². The summed E-state index contributed by atoms with van der Waals surface area (Å²) in [5.74, 6) is 0.0519. The molecule has 0 aliphatic heterocycles. The molecular weight excluding hydrogens is 388 g/mol. The minimum Gasteiger partial charge on any atom is -0.497 e. The van der Waals surface area contributed by atoms with Crippen molar-refractivity contribution in [2.24, 2.45) is 0 Å². The van der Waals surface area contributed by atoms with Gasteiger partial charge in [-0.2, -0.15) is 0 Å². The van der Waals surface area contributed by atoms with Gasteiger partial charge in [0.1, 0.15) is 11.4 Å². The molecular formula is C21H22N4O3S. The number of aromatic nitrogens is 2. The van der Waals surface area contributed by atoms with Gasteiger partial charge in [-0.1, -0.05) is 36.0 Å². The molecule has 29 heavy (non-hydrogen) atoms. The zero-order valence-corrected chi connectivity index (χ0v) is 17.3. The quantitative estimate of drug-likeness (QED) is 0.605. The maximum atomic E-state index is 13.0. The number of amides is 2. The van der Waals surface area contributed by atoms with Gasteiger partial charge in [-0.15, -0.1) is 0 Å². The minimum absolute atomic E-state index is 0.0926. The molecule has 0 unspecified atom stereocenters. The van der Waals surface area contributed by atoms with Gasteiger partial charge in [-0.3, -0.25) is 14.2 Å². The molecule has 1 aromatic heterocycles. The van der Waals surface area contributed by atoms with Crippen molar-refractivity contribution in [2.45, 2.75) is 5.16 Å². The van der Waals surface area contributed by atoms with Crippen LogP contribution in [0.2, 0.25) is 0 Å². The van der Waals surface area contributed by atoms with Crippen molar-refractivity contribution in [3.05, 3.63) is 66.5 Å². The molecule has 8 heteroatoms. The first kappa shape index (κ1) is 20.5. The highest BCUT2D eigenvalue weighted by atomic mass is 32.2. The maximum absolute atomic E-state index is 13.0. The van der Waals surface area contributed by atoms with Gasteiger partial charge >= 0.3 is 0 Å². The first-order valence-corrected chi connectivity index (χ1v) is 10.1. The van der Waals surface area contributed by atoms with Crippen molar-refractivity contribution in [2.75, 3.05) is 32.3 Å². The summed E-state index contributed by atoms with van der Waals surface area (Å²) in [6.07, 6.45) is 3.44. The van der Waals surface area contributed by atoms with Crippen LogP contribution in [0.5, 0.6) is 5.75 Å². The van der Waals surface area contributed by atoms with Crippen LogP contribution >= 0.6 is 11.8 Å². The molecule has 2 aromatic carbocycles. The normalized spacial score (nSPS) is 10.4. The van der Waals surface area contributed by atoms with E-state index in [4.69, 9.17) is 4.74 Å². The first-order valence-electron chi connectivity index (χ1n) is 8.90. The van der Waals surface area contributed by atoms with Crippen LogP contribution in [-0.4, -0.2) is 53.2 Å². The number of methoxy groups -OCH3 is 1. The fourth-order valence-corrected chi connectivity index (χ4v) is 3.38. The highest BCUT2D eigenvalue weighted by Gasteiger charge is 2.22. The molecule has 150 valence electrons. The van der Waals surface area contributed by atoms with Crippen molar-refractivity contribution in [3.8, 4) is 11.4 Å². The van der Waals surface area contributed by atoms with Gasteiger partial charge in [0, 0.05) is 24.5 Å². The number of imidazole rings is 1. The van der Waals surface area contributed by atoms with E-state index in [-0.39, 0.29) is 18.4 Å². The van der Waals surface area contributed by atoms with Crippen molar-refractivity contribution in [3.63, 3.8) is 0 Å². The molecule has 0 atom stereocenters. The van der Waals surface area contributed by atoms with Crippen molar-refractivity contribution in [1.29, 1.82) is 0 Å². The Morgan fingerprint density at radius 3 is 2.62 bits per heavy atom. The Morgan fingerprint density at radius 2 is 1.93 bits per heavy atom. The largest absolute Gasteiger partial charge is 0.497 e. The van der Waals surface area contributed by atoms with Crippen LogP contribution in [0.15, 0.2) is 66.0 Å².